The van der Waals surface area contributed by atoms with E-state index in [2.05, 4.69) is 33.7 Å². The molecule has 7 heteroatoms. The van der Waals surface area contributed by atoms with Crippen molar-refractivity contribution in [2.24, 2.45) is 0 Å². The summed E-state index contributed by atoms with van der Waals surface area (Å²) in [7, 11) is 1.59. The zero-order valence-corrected chi connectivity index (χ0v) is 17.2. The lowest BCUT2D eigenvalue weighted by atomic mass is 9.97. The number of nitrogens with zero attached hydrogens (tertiary/aromatic N) is 2. The molecule has 0 spiro atoms. The Morgan fingerprint density at radius 2 is 1.93 bits per heavy atom. The first-order chi connectivity index (χ1) is 14.1. The molecule has 2 heterocycles. The predicted molar refractivity (Wildman–Crippen MR) is 116 cm³/mol. The van der Waals surface area contributed by atoms with Crippen molar-refractivity contribution in [3.63, 3.8) is 0 Å². The summed E-state index contributed by atoms with van der Waals surface area (Å²) in [4.78, 5) is 31.2. The topological polar surface area (TPSA) is 74.3 Å². The number of carbonyl (C=O) groups excluding carboxylic acids is 2. The van der Waals surface area contributed by atoms with Gasteiger partial charge in [0, 0.05) is 24.2 Å². The first-order valence-corrected chi connectivity index (χ1v) is 10.6. The molecule has 2 N–H and O–H groups in total. The van der Waals surface area contributed by atoms with Gasteiger partial charge in [0.05, 0.1) is 21.8 Å². The molecular formula is C22H24N4O2S. The second kappa shape index (κ2) is 8.71. The molecule has 1 aliphatic rings. The number of fused-ring (bicyclic) bond motifs is 1. The van der Waals surface area contributed by atoms with Crippen LogP contribution in [-0.4, -0.2) is 48.4 Å². The normalized spacial score (nSPS) is 15.3. The van der Waals surface area contributed by atoms with Crippen LogP contribution in [0.2, 0.25) is 0 Å². The maximum Gasteiger partial charge on any atom is 0.251 e. The van der Waals surface area contributed by atoms with Crippen molar-refractivity contribution in [1.29, 1.82) is 0 Å². The average Bonchev–Trinajstić information content (AvgIpc) is 3.18. The Morgan fingerprint density at radius 3 is 2.69 bits per heavy atom. The van der Waals surface area contributed by atoms with Gasteiger partial charge < -0.3 is 10.6 Å². The van der Waals surface area contributed by atoms with Crippen molar-refractivity contribution in [1.82, 2.24) is 15.2 Å². The minimum atomic E-state index is -0.169. The molecule has 6 nitrogen and oxygen atoms in total. The fourth-order valence-corrected chi connectivity index (χ4v) is 4.83. The number of piperidine rings is 1. The van der Waals surface area contributed by atoms with Crippen molar-refractivity contribution < 1.29 is 9.59 Å². The average molecular weight is 409 g/mol. The largest absolute Gasteiger partial charge is 0.355 e. The van der Waals surface area contributed by atoms with E-state index in [1.165, 1.54) is 9.71 Å². The van der Waals surface area contributed by atoms with E-state index in [1.807, 2.05) is 6.07 Å². The summed E-state index contributed by atoms with van der Waals surface area (Å²) in [5, 5.41) is 6.70. The maximum atomic E-state index is 12.4. The quantitative estimate of drug-likeness (QED) is 0.678. The molecule has 2 amide bonds. The summed E-state index contributed by atoms with van der Waals surface area (Å²) < 4.78 is 1.24. The van der Waals surface area contributed by atoms with Gasteiger partial charge in [0.15, 0.2) is 0 Å². The summed E-state index contributed by atoms with van der Waals surface area (Å²) >= 11 is 1.78. The molecule has 2 aromatic carbocycles. The minimum absolute atomic E-state index is 0.0579. The Hall–Kier alpha value is -2.77. The van der Waals surface area contributed by atoms with Gasteiger partial charge >= 0.3 is 0 Å². The predicted octanol–water partition coefficient (Wildman–Crippen LogP) is 3.47. The maximum absolute atomic E-state index is 12.4. The van der Waals surface area contributed by atoms with E-state index >= 15 is 0 Å². The molecule has 0 radical (unpaired) electrons. The molecule has 0 atom stereocenters. The van der Waals surface area contributed by atoms with Crippen LogP contribution in [0.3, 0.4) is 0 Å². The highest BCUT2D eigenvalue weighted by Gasteiger charge is 2.24. The van der Waals surface area contributed by atoms with E-state index in [-0.39, 0.29) is 11.8 Å². The van der Waals surface area contributed by atoms with Gasteiger partial charge in [-0.15, -0.1) is 11.3 Å². The zero-order chi connectivity index (χ0) is 20.2. The third-order valence-corrected chi connectivity index (χ3v) is 6.45. The molecule has 3 aromatic rings. The number of anilines is 1. The Labute approximate surface area is 173 Å². The molecule has 0 aliphatic carbocycles. The third kappa shape index (κ3) is 4.63. The Morgan fingerprint density at radius 1 is 1.14 bits per heavy atom. The molecule has 0 saturated carbocycles. The number of aromatic nitrogens is 1. The second-order valence-corrected chi connectivity index (χ2v) is 8.34. The number of hydrogen-bond donors (Lipinski definition) is 2. The zero-order valence-electron chi connectivity index (χ0n) is 16.4. The summed E-state index contributed by atoms with van der Waals surface area (Å²) in [5.74, 6) is 0.242. The first-order valence-electron chi connectivity index (χ1n) is 9.82. The molecule has 0 bridgehead atoms. The highest BCUT2D eigenvalue weighted by molar-refractivity contribution is 7.18. The van der Waals surface area contributed by atoms with Gasteiger partial charge in [0.25, 0.3) is 5.91 Å². The van der Waals surface area contributed by atoms with E-state index in [0.717, 1.165) is 31.4 Å². The lowest BCUT2D eigenvalue weighted by Crippen LogP contribution is -2.38. The van der Waals surface area contributed by atoms with Crippen LogP contribution in [-0.2, 0) is 4.79 Å². The van der Waals surface area contributed by atoms with Gasteiger partial charge in [-0.1, -0.05) is 18.2 Å². The standard InChI is InChI=1S/C22H24N4O2S/c1-23-21(28)16-5-4-6-17(13-16)24-20(27)14-26-11-9-15(10-12-26)22-25-18-7-2-3-8-19(18)29-22/h2-8,13,15H,9-12,14H2,1H3,(H,23,28)(H,24,27). The van der Waals surface area contributed by atoms with E-state index < -0.39 is 0 Å². The Kier molecular flexibility index (Phi) is 5.87. The molecule has 4 rings (SSSR count). The highest BCUT2D eigenvalue weighted by atomic mass is 32.1. The van der Waals surface area contributed by atoms with Crippen molar-refractivity contribution >= 4 is 39.1 Å². The number of para-hydroxylation sites is 1. The molecule has 1 aliphatic heterocycles. The molecule has 1 fully saturated rings. The second-order valence-electron chi connectivity index (χ2n) is 7.28. The number of amides is 2. The number of rotatable bonds is 5. The van der Waals surface area contributed by atoms with Gasteiger partial charge in [-0.25, -0.2) is 4.98 Å². The fourth-order valence-electron chi connectivity index (χ4n) is 3.69. The summed E-state index contributed by atoms with van der Waals surface area (Å²) in [6.07, 6.45) is 2.03. The van der Waals surface area contributed by atoms with E-state index in [9.17, 15) is 9.59 Å². The van der Waals surface area contributed by atoms with Gasteiger partial charge in [0.2, 0.25) is 5.91 Å². The Balaban J connectivity index is 1.30. The summed E-state index contributed by atoms with van der Waals surface area (Å²) in [5.41, 5.74) is 2.25. The SMILES string of the molecule is CNC(=O)c1cccc(NC(=O)CN2CCC(c3nc4ccccc4s3)CC2)c1. The van der Waals surface area contributed by atoms with Crippen molar-refractivity contribution in [2.75, 3.05) is 32.0 Å². The fraction of sp³-hybridized carbons (Fsp3) is 0.318. The smallest absolute Gasteiger partial charge is 0.251 e. The summed E-state index contributed by atoms with van der Waals surface area (Å²) in [6.45, 7) is 2.12. The van der Waals surface area contributed by atoms with Crippen LogP contribution in [0.25, 0.3) is 10.2 Å². The van der Waals surface area contributed by atoms with Crippen molar-refractivity contribution in [2.45, 2.75) is 18.8 Å². The highest BCUT2D eigenvalue weighted by Crippen LogP contribution is 2.33. The molecule has 1 aromatic heterocycles. The minimum Gasteiger partial charge on any atom is -0.355 e. The number of benzene rings is 2. The van der Waals surface area contributed by atoms with E-state index in [0.29, 0.717) is 23.7 Å². The molecule has 150 valence electrons. The molecule has 29 heavy (non-hydrogen) atoms. The lowest BCUT2D eigenvalue weighted by molar-refractivity contribution is -0.117. The van der Waals surface area contributed by atoms with Crippen molar-refractivity contribution in [3.05, 3.63) is 59.1 Å². The van der Waals surface area contributed by atoms with Crippen LogP contribution in [0.4, 0.5) is 5.69 Å². The van der Waals surface area contributed by atoms with Gasteiger partial charge in [-0.3, -0.25) is 14.5 Å². The molecule has 1 saturated heterocycles. The third-order valence-electron chi connectivity index (χ3n) is 5.25. The first kappa shape index (κ1) is 19.5. The van der Waals surface area contributed by atoms with Gasteiger partial charge in [-0.05, 0) is 56.3 Å². The van der Waals surface area contributed by atoms with Crippen LogP contribution < -0.4 is 10.6 Å². The van der Waals surface area contributed by atoms with E-state index in [1.54, 1.807) is 42.6 Å². The van der Waals surface area contributed by atoms with Crippen LogP contribution in [0.15, 0.2) is 48.5 Å². The molecule has 0 unspecified atom stereocenters. The van der Waals surface area contributed by atoms with Gasteiger partial charge in [0.1, 0.15) is 0 Å². The number of likely N-dealkylation sites (tertiary alicyclic amines) is 1. The Bertz CT molecular complexity index is 991. The summed E-state index contributed by atoms with van der Waals surface area (Å²) in [6, 6.07) is 15.2. The number of hydrogen-bond acceptors (Lipinski definition) is 5. The molecular weight excluding hydrogens is 384 g/mol. The van der Waals surface area contributed by atoms with E-state index in [4.69, 9.17) is 4.98 Å². The number of carbonyl (C=O) groups is 2. The number of nitrogens with one attached hydrogen (secondary N) is 2. The van der Waals surface area contributed by atoms with Crippen LogP contribution in [0, 0.1) is 0 Å². The van der Waals surface area contributed by atoms with Crippen LogP contribution >= 0.6 is 11.3 Å². The van der Waals surface area contributed by atoms with Gasteiger partial charge in [-0.2, -0.15) is 0 Å². The monoisotopic (exact) mass is 408 g/mol. The van der Waals surface area contributed by atoms with Crippen molar-refractivity contribution in [3.8, 4) is 0 Å². The van der Waals surface area contributed by atoms with Crippen LogP contribution in [0.5, 0.6) is 0 Å². The number of thiazole rings is 1. The van der Waals surface area contributed by atoms with Crippen LogP contribution in [0.1, 0.15) is 34.1 Å². The lowest BCUT2D eigenvalue weighted by Gasteiger charge is -2.30.